The lowest BCUT2D eigenvalue weighted by Gasteiger charge is -1.86. The predicted octanol–water partition coefficient (Wildman–Crippen LogP) is 1.60. The van der Waals surface area contributed by atoms with Crippen molar-refractivity contribution in [1.29, 1.82) is 0 Å². The smallest absolute Gasteiger partial charge is 0.0323 e. The van der Waals surface area contributed by atoms with Crippen LogP contribution in [0.3, 0.4) is 0 Å². The van der Waals surface area contributed by atoms with Crippen molar-refractivity contribution in [3.8, 4) is 0 Å². The van der Waals surface area contributed by atoms with Crippen LogP contribution in [0.4, 0.5) is 0 Å². The van der Waals surface area contributed by atoms with E-state index in [2.05, 4.69) is 17.5 Å². The molecule has 2 N–H and O–H groups in total. The van der Waals surface area contributed by atoms with Crippen LogP contribution in [0.2, 0.25) is 0 Å². The van der Waals surface area contributed by atoms with E-state index >= 15 is 0 Å². The van der Waals surface area contributed by atoms with E-state index in [1.54, 1.807) is 11.3 Å². The standard InChI is InChI=1S/C7H7NS/c8-6-3-5-1-2-9-7(5)4-6/h1-2,4H,3,8H2. The second-order valence-corrected chi connectivity index (χ2v) is 3.15. The highest BCUT2D eigenvalue weighted by Crippen LogP contribution is 2.26. The molecule has 0 aliphatic heterocycles. The lowest BCUT2D eigenvalue weighted by Crippen LogP contribution is -1.94. The van der Waals surface area contributed by atoms with Gasteiger partial charge in [-0.3, -0.25) is 0 Å². The summed E-state index contributed by atoms with van der Waals surface area (Å²) in [5.41, 5.74) is 7.98. The van der Waals surface area contributed by atoms with Crippen molar-refractivity contribution in [1.82, 2.24) is 0 Å². The van der Waals surface area contributed by atoms with Crippen molar-refractivity contribution in [3.63, 3.8) is 0 Å². The average Bonchev–Trinajstić information content (AvgIpc) is 2.22. The maximum absolute atomic E-state index is 5.60. The van der Waals surface area contributed by atoms with Gasteiger partial charge in [0.1, 0.15) is 0 Å². The van der Waals surface area contributed by atoms with E-state index in [1.807, 2.05) is 0 Å². The van der Waals surface area contributed by atoms with Gasteiger partial charge in [0.25, 0.3) is 0 Å². The molecule has 0 radical (unpaired) electrons. The van der Waals surface area contributed by atoms with Gasteiger partial charge in [0.15, 0.2) is 0 Å². The van der Waals surface area contributed by atoms with Gasteiger partial charge in [0.05, 0.1) is 0 Å². The van der Waals surface area contributed by atoms with Crippen LogP contribution in [0.5, 0.6) is 0 Å². The molecule has 2 heteroatoms. The van der Waals surface area contributed by atoms with Crippen LogP contribution >= 0.6 is 11.3 Å². The molecule has 1 aromatic heterocycles. The number of fused-ring (bicyclic) bond motifs is 1. The average molecular weight is 137 g/mol. The molecule has 0 amide bonds. The normalized spacial score (nSPS) is 15.3. The molecule has 0 saturated heterocycles. The van der Waals surface area contributed by atoms with Crippen LogP contribution in [0.15, 0.2) is 17.1 Å². The first kappa shape index (κ1) is 5.06. The lowest BCUT2D eigenvalue weighted by atomic mass is 10.2. The Balaban J connectivity index is 2.55. The Kier molecular flexibility index (Phi) is 0.904. The largest absolute Gasteiger partial charge is 0.402 e. The molecule has 1 aromatic rings. The van der Waals surface area contributed by atoms with E-state index in [0.29, 0.717) is 0 Å². The van der Waals surface area contributed by atoms with E-state index in [4.69, 9.17) is 5.73 Å². The highest BCUT2D eigenvalue weighted by atomic mass is 32.1. The van der Waals surface area contributed by atoms with Crippen molar-refractivity contribution in [2.24, 2.45) is 5.73 Å². The minimum atomic E-state index is 0.957. The summed E-state index contributed by atoms with van der Waals surface area (Å²) in [5.74, 6) is 0. The molecule has 0 fully saturated rings. The zero-order chi connectivity index (χ0) is 6.27. The lowest BCUT2D eigenvalue weighted by molar-refractivity contribution is 1.17. The molecule has 9 heavy (non-hydrogen) atoms. The van der Waals surface area contributed by atoms with Crippen molar-refractivity contribution < 1.29 is 0 Å². The fourth-order valence-electron chi connectivity index (χ4n) is 1.06. The maximum Gasteiger partial charge on any atom is 0.0323 e. The molecule has 0 atom stereocenters. The molecule has 0 spiro atoms. The first-order valence-electron chi connectivity index (χ1n) is 2.88. The molecule has 0 bridgehead atoms. The summed E-state index contributed by atoms with van der Waals surface area (Å²) in [7, 11) is 0. The number of nitrogens with two attached hydrogens (primary N) is 1. The molecule has 0 aromatic carbocycles. The third-order valence-corrected chi connectivity index (χ3v) is 2.40. The van der Waals surface area contributed by atoms with Crippen molar-refractivity contribution in [2.45, 2.75) is 6.42 Å². The number of allylic oxidation sites excluding steroid dienone is 1. The van der Waals surface area contributed by atoms with E-state index in [-0.39, 0.29) is 0 Å². The van der Waals surface area contributed by atoms with Crippen LogP contribution in [0.1, 0.15) is 10.4 Å². The van der Waals surface area contributed by atoms with Gasteiger partial charge in [-0.1, -0.05) is 0 Å². The maximum atomic E-state index is 5.60. The zero-order valence-corrected chi connectivity index (χ0v) is 5.74. The van der Waals surface area contributed by atoms with Gasteiger partial charge in [-0.15, -0.1) is 11.3 Å². The third kappa shape index (κ3) is 0.669. The van der Waals surface area contributed by atoms with Gasteiger partial charge < -0.3 is 5.73 Å². The molecular weight excluding hydrogens is 130 g/mol. The minimum Gasteiger partial charge on any atom is -0.402 e. The van der Waals surface area contributed by atoms with Crippen LogP contribution in [0.25, 0.3) is 6.08 Å². The fourth-order valence-corrected chi connectivity index (χ4v) is 1.95. The second-order valence-electron chi connectivity index (χ2n) is 2.21. The number of thiophene rings is 1. The molecule has 0 unspecified atom stereocenters. The summed E-state index contributed by atoms with van der Waals surface area (Å²) in [6.07, 6.45) is 3.01. The summed E-state index contributed by atoms with van der Waals surface area (Å²) in [4.78, 5) is 1.34. The third-order valence-electron chi connectivity index (χ3n) is 1.49. The van der Waals surface area contributed by atoms with E-state index in [1.165, 1.54) is 10.4 Å². The Labute approximate surface area is 57.8 Å². The van der Waals surface area contributed by atoms with Gasteiger partial charge in [-0.2, -0.15) is 0 Å². The van der Waals surface area contributed by atoms with Crippen molar-refractivity contribution >= 4 is 17.4 Å². The molecule has 1 aliphatic rings. The SMILES string of the molecule is NC1=Cc2sccc2C1. The van der Waals surface area contributed by atoms with Gasteiger partial charge in [-0.05, 0) is 23.1 Å². The Morgan fingerprint density at radius 1 is 1.56 bits per heavy atom. The van der Waals surface area contributed by atoms with E-state index in [9.17, 15) is 0 Å². The number of hydrogen-bond donors (Lipinski definition) is 1. The molecular formula is C7H7NS. The predicted molar refractivity (Wildman–Crippen MR) is 40.2 cm³/mol. The van der Waals surface area contributed by atoms with Crippen LogP contribution in [-0.2, 0) is 6.42 Å². The zero-order valence-electron chi connectivity index (χ0n) is 4.92. The van der Waals surface area contributed by atoms with Crippen LogP contribution in [0, 0.1) is 0 Å². The highest BCUT2D eigenvalue weighted by molar-refractivity contribution is 7.11. The molecule has 1 nitrogen and oxygen atoms in total. The van der Waals surface area contributed by atoms with Crippen LogP contribution < -0.4 is 5.73 Å². The Bertz CT molecular complexity index is 260. The summed E-state index contributed by atoms with van der Waals surface area (Å²) in [6, 6.07) is 2.14. The van der Waals surface area contributed by atoms with Gasteiger partial charge in [0, 0.05) is 17.0 Å². The quantitative estimate of drug-likeness (QED) is 0.577. The monoisotopic (exact) mass is 137 g/mol. The summed E-state index contributed by atoms with van der Waals surface area (Å²) < 4.78 is 0. The highest BCUT2D eigenvalue weighted by Gasteiger charge is 2.09. The summed E-state index contributed by atoms with van der Waals surface area (Å²) in [5, 5.41) is 2.10. The van der Waals surface area contributed by atoms with Crippen LogP contribution in [-0.4, -0.2) is 0 Å². The van der Waals surface area contributed by atoms with Crippen molar-refractivity contribution in [3.05, 3.63) is 27.6 Å². The molecule has 0 saturated carbocycles. The van der Waals surface area contributed by atoms with Gasteiger partial charge in [-0.25, -0.2) is 0 Å². The number of hydrogen-bond acceptors (Lipinski definition) is 2. The molecule has 1 aliphatic carbocycles. The Morgan fingerprint density at radius 2 is 2.44 bits per heavy atom. The second kappa shape index (κ2) is 1.61. The fraction of sp³-hybridized carbons (Fsp3) is 0.143. The van der Waals surface area contributed by atoms with E-state index < -0.39 is 0 Å². The van der Waals surface area contributed by atoms with E-state index in [0.717, 1.165) is 12.1 Å². The van der Waals surface area contributed by atoms with Crippen molar-refractivity contribution in [2.75, 3.05) is 0 Å². The van der Waals surface area contributed by atoms with Gasteiger partial charge >= 0.3 is 0 Å². The first-order valence-corrected chi connectivity index (χ1v) is 3.76. The molecule has 46 valence electrons. The minimum absolute atomic E-state index is 0.957. The molecule has 1 heterocycles. The first-order chi connectivity index (χ1) is 4.36. The summed E-state index contributed by atoms with van der Waals surface area (Å²) >= 11 is 1.76. The Morgan fingerprint density at radius 3 is 3.22 bits per heavy atom. The van der Waals surface area contributed by atoms with Gasteiger partial charge in [0.2, 0.25) is 0 Å². The Hall–Kier alpha value is -0.760. The summed E-state index contributed by atoms with van der Waals surface area (Å²) in [6.45, 7) is 0. The topological polar surface area (TPSA) is 26.0 Å². The molecule has 2 rings (SSSR count). The number of rotatable bonds is 0.